The van der Waals surface area contributed by atoms with Gasteiger partial charge in [0.05, 0.1) is 24.7 Å². The number of Topliss-reactive ketones (excluding diaryl/α,β-unsaturated/α-hetero) is 1. The van der Waals surface area contributed by atoms with Gasteiger partial charge in [-0.3, -0.25) is 9.59 Å². The number of dihydropyridines is 1. The van der Waals surface area contributed by atoms with Crippen molar-refractivity contribution in [3.8, 4) is 0 Å². The van der Waals surface area contributed by atoms with Gasteiger partial charge in [-0.15, -0.1) is 0 Å². The van der Waals surface area contributed by atoms with Crippen LogP contribution in [-0.4, -0.2) is 30.9 Å². The smallest absolute Gasteiger partial charge is 0.337 e. The van der Waals surface area contributed by atoms with Crippen LogP contribution in [0.4, 0.5) is 4.39 Å². The number of esters is 2. The van der Waals surface area contributed by atoms with Gasteiger partial charge in [0.15, 0.2) is 5.78 Å². The zero-order valence-electron chi connectivity index (χ0n) is 18.8. The molecule has 1 aromatic carbocycles. The van der Waals surface area contributed by atoms with E-state index in [2.05, 4.69) is 5.32 Å². The average molecular weight is 464 g/mol. The summed E-state index contributed by atoms with van der Waals surface area (Å²) in [6, 6.07) is 4.18. The maximum Gasteiger partial charge on any atom is 0.337 e. The first-order chi connectivity index (χ1) is 15.1. The molecule has 0 saturated heterocycles. The SMILES string of the molecule is CC[C@H](C)OC(=O)C1=C(C)NC2=C(C(=O)[C@@H](C(=O)OC)[C@@H](C)C2)[C@@H]1c1c(F)cccc1Cl. The number of rotatable bonds is 5. The molecule has 1 N–H and O–H groups in total. The van der Waals surface area contributed by atoms with Gasteiger partial charge in [-0.25, -0.2) is 9.18 Å². The largest absolute Gasteiger partial charge is 0.468 e. The predicted octanol–water partition coefficient (Wildman–Crippen LogP) is 4.43. The molecule has 0 saturated carbocycles. The molecule has 1 heterocycles. The summed E-state index contributed by atoms with van der Waals surface area (Å²) < 4.78 is 25.5. The van der Waals surface area contributed by atoms with Crippen molar-refractivity contribution in [3.63, 3.8) is 0 Å². The van der Waals surface area contributed by atoms with Crippen molar-refractivity contribution in [2.75, 3.05) is 7.11 Å². The lowest BCUT2D eigenvalue weighted by molar-refractivity contribution is -0.151. The van der Waals surface area contributed by atoms with Crippen LogP contribution < -0.4 is 5.32 Å². The van der Waals surface area contributed by atoms with Crippen molar-refractivity contribution in [1.29, 1.82) is 0 Å². The number of halogens is 2. The van der Waals surface area contributed by atoms with E-state index in [1.54, 1.807) is 20.8 Å². The van der Waals surface area contributed by atoms with E-state index >= 15 is 4.39 Å². The molecule has 32 heavy (non-hydrogen) atoms. The summed E-state index contributed by atoms with van der Waals surface area (Å²) >= 11 is 6.39. The Kier molecular flexibility index (Phi) is 7.08. The lowest BCUT2D eigenvalue weighted by Crippen LogP contribution is -2.43. The van der Waals surface area contributed by atoms with E-state index in [-0.39, 0.29) is 33.8 Å². The summed E-state index contributed by atoms with van der Waals surface area (Å²) in [6.07, 6.45) is 0.569. The molecule has 0 aromatic heterocycles. The molecule has 6 nitrogen and oxygen atoms in total. The fraction of sp³-hybridized carbons (Fsp3) is 0.458. The maximum atomic E-state index is 15.1. The summed E-state index contributed by atoms with van der Waals surface area (Å²) in [5, 5.41) is 3.21. The molecule has 0 amide bonds. The lowest BCUT2D eigenvalue weighted by atomic mass is 9.69. The summed E-state index contributed by atoms with van der Waals surface area (Å²) in [6.45, 7) is 7.08. The van der Waals surface area contributed by atoms with Crippen molar-refractivity contribution < 1.29 is 28.2 Å². The Morgan fingerprint density at radius 3 is 2.62 bits per heavy atom. The molecule has 1 aliphatic carbocycles. The Morgan fingerprint density at radius 2 is 2.03 bits per heavy atom. The van der Waals surface area contributed by atoms with Gasteiger partial charge in [-0.05, 0) is 44.7 Å². The maximum absolute atomic E-state index is 15.1. The first-order valence-electron chi connectivity index (χ1n) is 10.6. The molecular weight excluding hydrogens is 437 g/mol. The second kappa shape index (κ2) is 9.45. The van der Waals surface area contributed by atoms with Crippen molar-refractivity contribution in [1.82, 2.24) is 5.32 Å². The third-order valence-electron chi connectivity index (χ3n) is 6.13. The number of benzene rings is 1. The van der Waals surface area contributed by atoms with Crippen molar-refractivity contribution in [2.24, 2.45) is 11.8 Å². The number of carbonyl (C=O) groups is 3. The highest BCUT2D eigenvalue weighted by molar-refractivity contribution is 6.31. The van der Waals surface area contributed by atoms with Gasteiger partial charge in [0, 0.05) is 27.6 Å². The zero-order valence-corrected chi connectivity index (χ0v) is 19.5. The van der Waals surface area contributed by atoms with Crippen molar-refractivity contribution in [2.45, 2.75) is 52.6 Å². The minimum absolute atomic E-state index is 0.00476. The highest BCUT2D eigenvalue weighted by Crippen LogP contribution is 2.47. The number of methoxy groups -OCH3 is 1. The van der Waals surface area contributed by atoms with Crippen LogP contribution >= 0.6 is 11.6 Å². The monoisotopic (exact) mass is 463 g/mol. The fourth-order valence-corrected chi connectivity index (χ4v) is 4.63. The fourth-order valence-electron chi connectivity index (χ4n) is 4.36. The Bertz CT molecular complexity index is 1010. The molecule has 8 heteroatoms. The van der Waals surface area contributed by atoms with Crippen molar-refractivity contribution >= 4 is 29.3 Å². The average Bonchev–Trinajstić information content (AvgIpc) is 2.72. The van der Waals surface area contributed by atoms with Gasteiger partial charge in [-0.2, -0.15) is 0 Å². The van der Waals surface area contributed by atoms with Gasteiger partial charge < -0.3 is 14.8 Å². The van der Waals surface area contributed by atoms with Crippen LogP contribution in [0.5, 0.6) is 0 Å². The first-order valence-corrected chi connectivity index (χ1v) is 11.0. The Labute approximate surface area is 191 Å². The van der Waals surface area contributed by atoms with Gasteiger partial charge in [0.2, 0.25) is 0 Å². The second-order valence-corrected chi connectivity index (χ2v) is 8.70. The second-order valence-electron chi connectivity index (χ2n) is 8.29. The molecule has 0 bridgehead atoms. The van der Waals surface area contributed by atoms with E-state index in [9.17, 15) is 14.4 Å². The minimum Gasteiger partial charge on any atom is -0.468 e. The summed E-state index contributed by atoms with van der Waals surface area (Å²) in [5.74, 6) is -4.99. The topological polar surface area (TPSA) is 81.7 Å². The molecule has 1 aromatic rings. The molecular formula is C24H27ClFNO5. The van der Waals surface area contributed by atoms with Crippen LogP contribution in [0, 0.1) is 17.7 Å². The third-order valence-corrected chi connectivity index (χ3v) is 6.46. The molecule has 0 radical (unpaired) electrons. The molecule has 0 fully saturated rings. The minimum atomic E-state index is -1.11. The number of ether oxygens (including phenoxy) is 2. The Hall–Kier alpha value is -2.67. The van der Waals surface area contributed by atoms with Crippen LogP contribution in [0.3, 0.4) is 0 Å². The molecule has 172 valence electrons. The number of nitrogens with one attached hydrogen (secondary N) is 1. The molecule has 3 rings (SSSR count). The molecule has 0 spiro atoms. The summed E-state index contributed by atoms with van der Waals surface area (Å²) in [7, 11) is 1.22. The van der Waals surface area contributed by atoms with Gasteiger partial charge in [-0.1, -0.05) is 31.5 Å². The van der Waals surface area contributed by atoms with Gasteiger partial charge >= 0.3 is 11.9 Å². The number of allylic oxidation sites excluding steroid dienone is 3. The highest BCUT2D eigenvalue weighted by Gasteiger charge is 2.48. The molecule has 2 aliphatic rings. The van der Waals surface area contributed by atoms with E-state index in [1.807, 2.05) is 6.92 Å². The summed E-state index contributed by atoms with van der Waals surface area (Å²) in [4.78, 5) is 39.2. The first kappa shape index (κ1) is 24.0. The van der Waals surface area contributed by atoms with Crippen LogP contribution in [-0.2, 0) is 23.9 Å². The van der Waals surface area contributed by atoms with Crippen LogP contribution in [0.2, 0.25) is 5.02 Å². The standard InChI is InChI=1S/C24H27ClFNO5/c1-6-12(3)32-24(30)18-13(4)27-16-10-11(2)17(23(29)31-5)22(28)20(16)21(18)19-14(25)8-7-9-15(19)26/h7-9,11-12,17,21,27H,6,10H2,1-5H3/t11-,12-,17-,21-/m0/s1. The predicted molar refractivity (Wildman–Crippen MR) is 117 cm³/mol. The Morgan fingerprint density at radius 1 is 1.34 bits per heavy atom. The highest BCUT2D eigenvalue weighted by atomic mass is 35.5. The normalized spacial score (nSPS) is 24.0. The number of hydrogen-bond acceptors (Lipinski definition) is 6. The number of carbonyl (C=O) groups excluding carboxylic acids is 3. The van der Waals surface area contributed by atoms with Crippen LogP contribution in [0.15, 0.2) is 40.7 Å². The van der Waals surface area contributed by atoms with E-state index in [0.717, 1.165) is 0 Å². The summed E-state index contributed by atoms with van der Waals surface area (Å²) in [5.41, 5.74) is 1.25. The van der Waals surface area contributed by atoms with Crippen LogP contribution in [0.1, 0.15) is 52.0 Å². The van der Waals surface area contributed by atoms with E-state index in [4.69, 9.17) is 21.1 Å². The lowest BCUT2D eigenvalue weighted by Gasteiger charge is -2.38. The van der Waals surface area contributed by atoms with Crippen LogP contribution in [0.25, 0.3) is 0 Å². The van der Waals surface area contributed by atoms with E-state index in [0.29, 0.717) is 24.2 Å². The quantitative estimate of drug-likeness (QED) is 0.513. The van der Waals surface area contributed by atoms with Gasteiger partial charge in [0.1, 0.15) is 11.7 Å². The number of hydrogen-bond donors (Lipinski definition) is 1. The van der Waals surface area contributed by atoms with Gasteiger partial charge in [0.25, 0.3) is 0 Å². The molecule has 0 unspecified atom stereocenters. The third kappa shape index (κ3) is 4.18. The molecule has 4 atom stereocenters. The molecule has 1 aliphatic heterocycles. The van der Waals surface area contributed by atoms with Crippen molar-refractivity contribution in [3.05, 3.63) is 57.1 Å². The van der Waals surface area contributed by atoms with E-state index < -0.39 is 35.4 Å². The Balaban J connectivity index is 2.23. The van der Waals surface area contributed by atoms with E-state index in [1.165, 1.54) is 25.3 Å². The number of ketones is 1. The zero-order chi connectivity index (χ0) is 23.7.